The second-order valence-corrected chi connectivity index (χ2v) is 6.88. The van der Waals surface area contributed by atoms with Gasteiger partial charge in [-0.05, 0) is 49.6 Å². The van der Waals surface area contributed by atoms with Crippen LogP contribution in [0, 0.1) is 13.8 Å². The number of nitrogens with one attached hydrogen (secondary N) is 1. The third kappa shape index (κ3) is 5.88. The number of hydrogen-bond donors (Lipinski definition) is 1. The number of benzene rings is 2. The van der Waals surface area contributed by atoms with E-state index in [0.717, 1.165) is 28.8 Å². The van der Waals surface area contributed by atoms with Crippen LogP contribution in [0.1, 0.15) is 30.0 Å². The summed E-state index contributed by atoms with van der Waals surface area (Å²) in [5.41, 5.74) is 4.11. The van der Waals surface area contributed by atoms with E-state index in [4.69, 9.17) is 11.6 Å². The lowest BCUT2D eigenvalue weighted by Gasteiger charge is -2.23. The van der Waals surface area contributed by atoms with Gasteiger partial charge in [0.25, 0.3) is 0 Å². The van der Waals surface area contributed by atoms with Crippen molar-refractivity contribution in [3.63, 3.8) is 0 Å². The van der Waals surface area contributed by atoms with Crippen molar-refractivity contribution in [3.8, 4) is 0 Å². The molecule has 0 aliphatic heterocycles. The SMILES string of the molecule is CC(=O)N(CCC(=O)NCCc1cccc(Cl)c1)c1ccc(C)cc1C. The highest BCUT2D eigenvalue weighted by Gasteiger charge is 2.15. The molecule has 0 aromatic heterocycles. The molecule has 0 atom stereocenters. The molecule has 2 rings (SSSR count). The van der Waals surface area contributed by atoms with Gasteiger partial charge in [0, 0.05) is 37.1 Å². The number of anilines is 1. The minimum Gasteiger partial charge on any atom is -0.356 e. The van der Waals surface area contributed by atoms with Crippen LogP contribution in [0.3, 0.4) is 0 Å². The molecular formula is C21H25ClN2O2. The van der Waals surface area contributed by atoms with E-state index in [9.17, 15) is 9.59 Å². The predicted molar refractivity (Wildman–Crippen MR) is 107 cm³/mol. The van der Waals surface area contributed by atoms with Crippen molar-refractivity contribution in [2.75, 3.05) is 18.0 Å². The monoisotopic (exact) mass is 372 g/mol. The van der Waals surface area contributed by atoms with E-state index in [1.165, 1.54) is 6.92 Å². The predicted octanol–water partition coefficient (Wildman–Crippen LogP) is 4.06. The Morgan fingerprint density at radius 3 is 2.54 bits per heavy atom. The molecule has 2 amide bonds. The molecule has 2 aromatic carbocycles. The standard InChI is InChI=1S/C21H25ClN2O2/c1-15-7-8-20(16(2)13-15)24(17(3)25)12-10-21(26)23-11-9-18-5-4-6-19(22)14-18/h4-8,13-14H,9-12H2,1-3H3,(H,23,26). The Morgan fingerprint density at radius 1 is 1.12 bits per heavy atom. The maximum Gasteiger partial charge on any atom is 0.223 e. The molecule has 2 aromatic rings. The lowest BCUT2D eigenvalue weighted by Crippen LogP contribution is -2.34. The number of aryl methyl sites for hydroxylation is 2. The Labute approximate surface area is 160 Å². The van der Waals surface area contributed by atoms with Crippen molar-refractivity contribution in [2.45, 2.75) is 33.6 Å². The molecule has 0 saturated heterocycles. The van der Waals surface area contributed by atoms with Gasteiger partial charge >= 0.3 is 0 Å². The summed E-state index contributed by atoms with van der Waals surface area (Å²) in [6.07, 6.45) is 0.988. The van der Waals surface area contributed by atoms with Crippen LogP contribution in [0.5, 0.6) is 0 Å². The van der Waals surface area contributed by atoms with Gasteiger partial charge in [0.2, 0.25) is 11.8 Å². The van der Waals surface area contributed by atoms with Gasteiger partial charge in [0.1, 0.15) is 0 Å². The molecule has 0 saturated carbocycles. The zero-order chi connectivity index (χ0) is 19.1. The summed E-state index contributed by atoms with van der Waals surface area (Å²) >= 11 is 5.96. The quantitative estimate of drug-likeness (QED) is 0.796. The minimum absolute atomic E-state index is 0.0660. The number of rotatable bonds is 7. The second-order valence-electron chi connectivity index (χ2n) is 6.44. The largest absolute Gasteiger partial charge is 0.356 e. The molecule has 26 heavy (non-hydrogen) atoms. The molecule has 0 radical (unpaired) electrons. The summed E-state index contributed by atoms with van der Waals surface area (Å²) in [5.74, 6) is -0.133. The van der Waals surface area contributed by atoms with E-state index in [1.807, 2.05) is 56.3 Å². The average Bonchev–Trinajstić information content (AvgIpc) is 2.56. The summed E-state index contributed by atoms with van der Waals surface area (Å²) in [7, 11) is 0. The first-order valence-electron chi connectivity index (χ1n) is 8.73. The van der Waals surface area contributed by atoms with Gasteiger partial charge in [-0.1, -0.05) is 41.4 Å². The number of carbonyl (C=O) groups excluding carboxylic acids is 2. The van der Waals surface area contributed by atoms with Gasteiger partial charge in [-0.2, -0.15) is 0 Å². The molecule has 138 valence electrons. The molecule has 0 heterocycles. The van der Waals surface area contributed by atoms with Gasteiger partial charge < -0.3 is 10.2 Å². The summed E-state index contributed by atoms with van der Waals surface area (Å²) in [6, 6.07) is 13.5. The molecule has 0 aliphatic rings. The van der Waals surface area contributed by atoms with Crippen LogP contribution in [0.2, 0.25) is 5.02 Å². The number of carbonyl (C=O) groups is 2. The molecule has 0 unspecified atom stereocenters. The maximum absolute atomic E-state index is 12.1. The van der Waals surface area contributed by atoms with Crippen molar-refractivity contribution in [1.82, 2.24) is 5.32 Å². The first kappa shape index (κ1) is 20.0. The zero-order valence-electron chi connectivity index (χ0n) is 15.5. The molecule has 1 N–H and O–H groups in total. The second kappa shape index (κ2) is 9.39. The third-order valence-corrected chi connectivity index (χ3v) is 4.45. The van der Waals surface area contributed by atoms with Gasteiger partial charge in [0.05, 0.1) is 0 Å². The lowest BCUT2D eigenvalue weighted by atomic mass is 10.1. The molecule has 0 fully saturated rings. The number of nitrogens with zero attached hydrogens (tertiary/aromatic N) is 1. The normalized spacial score (nSPS) is 10.5. The smallest absolute Gasteiger partial charge is 0.223 e. The molecule has 4 nitrogen and oxygen atoms in total. The van der Waals surface area contributed by atoms with E-state index >= 15 is 0 Å². The first-order valence-corrected chi connectivity index (χ1v) is 9.11. The average molecular weight is 373 g/mol. The maximum atomic E-state index is 12.1. The van der Waals surface area contributed by atoms with Crippen LogP contribution in [-0.4, -0.2) is 24.9 Å². The van der Waals surface area contributed by atoms with E-state index in [2.05, 4.69) is 5.32 Å². The Morgan fingerprint density at radius 2 is 1.88 bits per heavy atom. The fraction of sp³-hybridized carbons (Fsp3) is 0.333. The van der Waals surface area contributed by atoms with Crippen molar-refractivity contribution in [2.24, 2.45) is 0 Å². The van der Waals surface area contributed by atoms with Gasteiger partial charge in [-0.15, -0.1) is 0 Å². The molecular weight excluding hydrogens is 348 g/mol. The van der Waals surface area contributed by atoms with Crippen LogP contribution in [0.15, 0.2) is 42.5 Å². The van der Waals surface area contributed by atoms with E-state index in [-0.39, 0.29) is 18.2 Å². The highest BCUT2D eigenvalue weighted by Crippen LogP contribution is 2.21. The Kier molecular flexibility index (Phi) is 7.22. The minimum atomic E-state index is -0.0666. The highest BCUT2D eigenvalue weighted by molar-refractivity contribution is 6.30. The number of hydrogen-bond acceptors (Lipinski definition) is 2. The Hall–Kier alpha value is -2.33. The van der Waals surface area contributed by atoms with Crippen LogP contribution in [0.25, 0.3) is 0 Å². The van der Waals surface area contributed by atoms with E-state index in [1.54, 1.807) is 4.90 Å². The summed E-state index contributed by atoms with van der Waals surface area (Å²) in [4.78, 5) is 25.8. The Balaban J connectivity index is 1.86. The third-order valence-electron chi connectivity index (χ3n) is 4.21. The van der Waals surface area contributed by atoms with E-state index < -0.39 is 0 Å². The van der Waals surface area contributed by atoms with Crippen molar-refractivity contribution in [3.05, 3.63) is 64.2 Å². The lowest BCUT2D eigenvalue weighted by molar-refractivity contribution is -0.121. The summed E-state index contributed by atoms with van der Waals surface area (Å²) in [5, 5.41) is 3.59. The molecule has 0 aliphatic carbocycles. The van der Waals surface area contributed by atoms with Crippen molar-refractivity contribution >= 4 is 29.1 Å². The topological polar surface area (TPSA) is 49.4 Å². The van der Waals surface area contributed by atoms with Crippen molar-refractivity contribution < 1.29 is 9.59 Å². The number of amides is 2. The first-order chi connectivity index (χ1) is 12.4. The number of halogens is 1. The van der Waals surface area contributed by atoms with Gasteiger partial charge in [0.15, 0.2) is 0 Å². The van der Waals surface area contributed by atoms with Crippen LogP contribution in [0.4, 0.5) is 5.69 Å². The highest BCUT2D eigenvalue weighted by atomic mass is 35.5. The van der Waals surface area contributed by atoms with Gasteiger partial charge in [-0.25, -0.2) is 0 Å². The van der Waals surface area contributed by atoms with Crippen LogP contribution < -0.4 is 10.2 Å². The van der Waals surface area contributed by atoms with Crippen LogP contribution in [-0.2, 0) is 16.0 Å². The van der Waals surface area contributed by atoms with Gasteiger partial charge in [-0.3, -0.25) is 9.59 Å². The fourth-order valence-electron chi connectivity index (χ4n) is 2.90. The van der Waals surface area contributed by atoms with Crippen LogP contribution >= 0.6 is 11.6 Å². The molecule has 5 heteroatoms. The molecule has 0 spiro atoms. The zero-order valence-corrected chi connectivity index (χ0v) is 16.3. The Bertz CT molecular complexity index is 789. The molecule has 0 bridgehead atoms. The van der Waals surface area contributed by atoms with E-state index in [0.29, 0.717) is 18.1 Å². The summed E-state index contributed by atoms with van der Waals surface area (Å²) < 4.78 is 0. The van der Waals surface area contributed by atoms with Crippen molar-refractivity contribution in [1.29, 1.82) is 0 Å². The fourth-order valence-corrected chi connectivity index (χ4v) is 3.11. The summed E-state index contributed by atoms with van der Waals surface area (Å²) in [6.45, 7) is 6.42.